The first kappa shape index (κ1) is 17.7. The highest BCUT2D eigenvalue weighted by molar-refractivity contribution is 7.44. The van der Waals surface area contributed by atoms with Crippen molar-refractivity contribution in [2.24, 2.45) is 20.0 Å². The molecule has 0 aromatic heterocycles. The van der Waals surface area contributed by atoms with Gasteiger partial charge in [0.05, 0.1) is 39.9 Å². The molecule has 5 aliphatic rings. The fourth-order valence-corrected chi connectivity index (χ4v) is 4.13. The summed E-state index contributed by atoms with van der Waals surface area (Å²) < 4.78 is 17.9. The zero-order valence-corrected chi connectivity index (χ0v) is 16.5. The van der Waals surface area contributed by atoms with Gasteiger partial charge in [-0.3, -0.25) is 0 Å². The van der Waals surface area contributed by atoms with Crippen LogP contribution in [0.15, 0.2) is 115 Å². The second-order valence-corrected chi connectivity index (χ2v) is 7.84. The Bertz CT molecular complexity index is 1210. The van der Waals surface area contributed by atoms with Crippen molar-refractivity contribution < 1.29 is 9.09 Å². The summed E-state index contributed by atoms with van der Waals surface area (Å²) in [7, 11) is -2.00. The van der Waals surface area contributed by atoms with Crippen LogP contribution < -0.4 is 0 Å². The second kappa shape index (κ2) is 7.24. The Labute approximate surface area is 168 Å². The van der Waals surface area contributed by atoms with Crippen molar-refractivity contribution in [1.82, 2.24) is 0 Å². The van der Waals surface area contributed by atoms with Gasteiger partial charge in [0.1, 0.15) is 12.3 Å². The zero-order valence-electron chi connectivity index (χ0n) is 15.6. The highest BCUT2D eigenvalue weighted by atomic mass is 31.1. The predicted molar refractivity (Wildman–Crippen MR) is 117 cm³/mol. The number of fused-ring (bicyclic) bond motifs is 4. The molecule has 29 heavy (non-hydrogen) atoms. The van der Waals surface area contributed by atoms with E-state index < -0.39 is 8.03 Å². The molecule has 0 aliphatic carbocycles. The van der Waals surface area contributed by atoms with Gasteiger partial charge >= 0.3 is 8.03 Å². The minimum absolute atomic E-state index is 0.366. The first-order chi connectivity index (χ1) is 14.2. The monoisotopic (exact) mass is 399 g/mol. The van der Waals surface area contributed by atoms with Crippen LogP contribution in [0.4, 0.5) is 0 Å². The highest BCUT2D eigenvalue weighted by Gasteiger charge is 2.33. The average molecular weight is 399 g/mol. The molecule has 7 heteroatoms. The van der Waals surface area contributed by atoms with Gasteiger partial charge in [-0.25, -0.2) is 20.0 Å². The Morgan fingerprint density at radius 3 is 1.76 bits per heavy atom. The van der Waals surface area contributed by atoms with E-state index in [-0.39, 0.29) is 0 Å². The number of aliphatic imine (C=N–C) groups is 4. The molecule has 0 N–H and O–H groups in total. The minimum atomic E-state index is -2.00. The van der Waals surface area contributed by atoms with Gasteiger partial charge in [0.25, 0.3) is 5.31 Å². The van der Waals surface area contributed by atoms with Crippen molar-refractivity contribution in [3.63, 3.8) is 0 Å². The molecule has 0 radical (unpaired) electrons. The molecule has 0 aromatic carbocycles. The van der Waals surface area contributed by atoms with E-state index in [2.05, 4.69) is 20.0 Å². The van der Waals surface area contributed by atoms with Crippen LogP contribution >= 0.6 is 8.03 Å². The molecule has 0 saturated heterocycles. The SMILES string of the molecule is CCO[P+](=O)C1=CC2=NC1=CC1=NC(=CC3=NC(=CC4=NC(=C2)C=C4)C=C3)C=C1. The maximum absolute atomic E-state index is 12.6. The number of rotatable bonds is 3. The molecule has 0 amide bonds. The smallest absolute Gasteiger partial charge is 0.249 e. The molecule has 140 valence electrons. The summed E-state index contributed by atoms with van der Waals surface area (Å²) in [6.45, 7) is 2.18. The van der Waals surface area contributed by atoms with Gasteiger partial charge in [-0.05, 0) is 72.2 Å². The van der Waals surface area contributed by atoms with E-state index in [4.69, 9.17) is 4.52 Å². The summed E-state index contributed by atoms with van der Waals surface area (Å²) in [6.07, 6.45) is 20.9. The van der Waals surface area contributed by atoms with E-state index in [1.165, 1.54) is 0 Å². The lowest BCUT2D eigenvalue weighted by Crippen LogP contribution is -1.90. The van der Waals surface area contributed by atoms with Gasteiger partial charge in [-0.1, -0.05) is 0 Å². The third-order valence-electron chi connectivity index (χ3n) is 4.46. The van der Waals surface area contributed by atoms with Gasteiger partial charge in [0.2, 0.25) is 0 Å². The Kier molecular flexibility index (Phi) is 4.43. The van der Waals surface area contributed by atoms with Crippen LogP contribution in [0.25, 0.3) is 0 Å². The van der Waals surface area contributed by atoms with Crippen molar-refractivity contribution in [3.8, 4) is 0 Å². The summed E-state index contributed by atoms with van der Waals surface area (Å²) >= 11 is 0. The molecule has 0 spiro atoms. The number of hydrogen-bond acceptors (Lipinski definition) is 6. The quantitative estimate of drug-likeness (QED) is 0.646. The molecule has 0 aromatic rings. The Morgan fingerprint density at radius 2 is 1.21 bits per heavy atom. The fourth-order valence-electron chi connectivity index (χ4n) is 3.22. The summed E-state index contributed by atoms with van der Waals surface area (Å²) in [5, 5.41) is 0.561. The number of nitrogens with zero attached hydrogens (tertiary/aromatic N) is 4. The van der Waals surface area contributed by atoms with Crippen LogP contribution in [0.5, 0.6) is 0 Å². The molecular formula is C22H16N4O2P+. The topological polar surface area (TPSA) is 75.7 Å². The largest absolute Gasteiger partial charge is 0.551 e. The standard InChI is InChI=1S/C22H16N4O2P/c1-2-28-29(27)22-13-20-11-18-6-5-16(24-18)9-14-3-4-15(23-14)10-17-7-8-19(25-17)12-21(22)26-20/h3-13H,2H2,1H3/q+1. The van der Waals surface area contributed by atoms with Crippen LogP contribution in [0.3, 0.4) is 0 Å². The number of hydrogen-bond donors (Lipinski definition) is 0. The third-order valence-corrected chi connectivity index (χ3v) is 5.70. The molecule has 8 bridgehead atoms. The summed E-state index contributed by atoms with van der Waals surface area (Å²) in [4.78, 5) is 18.4. The van der Waals surface area contributed by atoms with Crippen molar-refractivity contribution in [2.45, 2.75) is 6.92 Å². The summed E-state index contributed by atoms with van der Waals surface area (Å²) in [5.41, 5.74) is 6.08. The summed E-state index contributed by atoms with van der Waals surface area (Å²) in [6, 6.07) is 0. The van der Waals surface area contributed by atoms with E-state index >= 15 is 0 Å². The van der Waals surface area contributed by atoms with Crippen LogP contribution in [-0.4, -0.2) is 29.5 Å². The fraction of sp³-hybridized carbons (Fsp3) is 0.0909. The second-order valence-electron chi connectivity index (χ2n) is 6.59. The maximum Gasteiger partial charge on any atom is 0.551 e. The lowest BCUT2D eigenvalue weighted by molar-refractivity contribution is 0.355. The lowest BCUT2D eigenvalue weighted by Gasteiger charge is -1.94. The van der Waals surface area contributed by atoms with E-state index in [0.717, 1.165) is 34.2 Å². The van der Waals surface area contributed by atoms with Crippen molar-refractivity contribution in [1.29, 1.82) is 0 Å². The van der Waals surface area contributed by atoms with Gasteiger partial charge in [-0.2, -0.15) is 0 Å². The Morgan fingerprint density at radius 1 is 0.690 bits per heavy atom. The Hall–Kier alpha value is -3.34. The van der Waals surface area contributed by atoms with E-state index in [1.54, 1.807) is 6.08 Å². The molecule has 5 rings (SSSR count). The van der Waals surface area contributed by atoms with E-state index in [0.29, 0.717) is 23.3 Å². The predicted octanol–water partition coefficient (Wildman–Crippen LogP) is 4.69. The van der Waals surface area contributed by atoms with Crippen LogP contribution in [-0.2, 0) is 9.09 Å². The average Bonchev–Trinajstić information content (AvgIpc) is 3.46. The Balaban J connectivity index is 1.63. The summed E-state index contributed by atoms with van der Waals surface area (Å²) in [5.74, 6) is 0. The molecule has 1 unspecified atom stereocenters. The van der Waals surface area contributed by atoms with Crippen molar-refractivity contribution >= 4 is 30.9 Å². The van der Waals surface area contributed by atoms with Gasteiger partial charge in [-0.15, -0.1) is 4.52 Å². The molecule has 5 aliphatic heterocycles. The zero-order chi connectivity index (χ0) is 19.8. The molecule has 6 nitrogen and oxygen atoms in total. The van der Waals surface area contributed by atoms with Crippen LogP contribution in [0.1, 0.15) is 6.92 Å². The molecular weight excluding hydrogens is 383 g/mol. The van der Waals surface area contributed by atoms with Gasteiger partial charge < -0.3 is 0 Å². The van der Waals surface area contributed by atoms with E-state index in [1.807, 2.05) is 67.7 Å². The molecule has 0 saturated carbocycles. The van der Waals surface area contributed by atoms with Crippen LogP contribution in [0.2, 0.25) is 0 Å². The molecule has 1 atom stereocenters. The first-order valence-electron chi connectivity index (χ1n) is 9.24. The van der Waals surface area contributed by atoms with E-state index in [9.17, 15) is 4.57 Å². The normalized spacial score (nSPS) is 21.7. The van der Waals surface area contributed by atoms with Crippen molar-refractivity contribution in [2.75, 3.05) is 6.61 Å². The maximum atomic E-state index is 12.6. The minimum Gasteiger partial charge on any atom is -0.249 e. The lowest BCUT2D eigenvalue weighted by atomic mass is 10.2. The number of allylic oxidation sites excluding steroid dienone is 12. The van der Waals surface area contributed by atoms with Gasteiger partial charge in [0.15, 0.2) is 0 Å². The molecule has 0 fully saturated rings. The third kappa shape index (κ3) is 3.68. The van der Waals surface area contributed by atoms with Crippen molar-refractivity contribution in [3.05, 3.63) is 94.9 Å². The highest BCUT2D eigenvalue weighted by Crippen LogP contribution is 2.42. The van der Waals surface area contributed by atoms with Gasteiger partial charge in [0, 0.05) is 6.08 Å². The molecule has 5 heterocycles. The van der Waals surface area contributed by atoms with Crippen LogP contribution in [0, 0.1) is 0 Å². The first-order valence-corrected chi connectivity index (χ1v) is 10.4.